The van der Waals surface area contributed by atoms with Crippen LogP contribution in [0.2, 0.25) is 0 Å². The summed E-state index contributed by atoms with van der Waals surface area (Å²) in [6, 6.07) is 15.7. The Morgan fingerprint density at radius 2 is 0.425 bits per heavy atom. The van der Waals surface area contributed by atoms with Gasteiger partial charge in [-0.15, -0.1) is 0 Å². The minimum Gasteiger partial charge on any atom is -0.493 e. The van der Waals surface area contributed by atoms with Crippen LogP contribution in [0, 0.1) is 0 Å². The molecule has 2 aliphatic heterocycles. The third-order valence-electron chi connectivity index (χ3n) is 14.2. The molecule has 16 heteroatoms. The number of nitrogens with zero attached hydrogens (tertiary/aromatic N) is 6. The summed E-state index contributed by atoms with van der Waals surface area (Å²) in [5.74, 6) is 6.41. The van der Waals surface area contributed by atoms with Gasteiger partial charge in [0.2, 0.25) is 0 Å². The van der Waals surface area contributed by atoms with Crippen molar-refractivity contribution in [3.63, 3.8) is 0 Å². The van der Waals surface area contributed by atoms with Crippen molar-refractivity contribution in [2.24, 2.45) is 0 Å². The predicted molar refractivity (Wildman–Crippen MR) is 319 cm³/mol. The van der Waals surface area contributed by atoms with Crippen LogP contribution in [0.3, 0.4) is 0 Å². The van der Waals surface area contributed by atoms with Crippen molar-refractivity contribution in [1.29, 1.82) is 0 Å². The van der Waals surface area contributed by atoms with Gasteiger partial charge in [-0.3, -0.25) is 0 Å². The molecule has 0 radical (unpaired) electrons. The summed E-state index contributed by atoms with van der Waals surface area (Å²) in [6.07, 6.45) is 14.5. The first kappa shape index (κ1) is 57.3. The molecule has 0 saturated heterocycles. The number of benzene rings is 4. The second-order valence-electron chi connectivity index (χ2n) is 20.5. The standard InChI is InChI=1S/C64H82N8O8/c1-9-17-33-73-41-25-26-42(74-34-18-10-2)50-49(41)57-65-58(50)70-60-53-45(77-37-21-13-5)29-30-46(78-38-22-14-6)54(53)62(67-60)72-64-56-48(80-40-24-16-8)32-31-47(79-39-23-15-7)55(56)63(68-64)71-61-52-44(76-36-20-12-4)28-27-43(75-35-19-11-3)51(52)59(66-61)69-57/h25-32H,9-24,33-40H2,1-8H3,(H2,65,66,67,68,69,70,71,72). The van der Waals surface area contributed by atoms with Gasteiger partial charge in [0.25, 0.3) is 0 Å². The van der Waals surface area contributed by atoms with E-state index >= 15 is 0 Å². The van der Waals surface area contributed by atoms with Gasteiger partial charge in [-0.2, -0.15) is 0 Å². The first-order chi connectivity index (χ1) is 39.4. The molecule has 0 unspecified atom stereocenters. The Morgan fingerprint density at radius 3 is 0.613 bits per heavy atom. The molecule has 0 amide bonds. The number of rotatable bonds is 32. The number of H-pyrrole nitrogens is 2. The van der Waals surface area contributed by atoms with E-state index in [1.165, 1.54) is 0 Å². The van der Waals surface area contributed by atoms with Gasteiger partial charge in [-0.1, -0.05) is 107 Å². The van der Waals surface area contributed by atoms with Crippen LogP contribution in [-0.2, 0) is 0 Å². The molecule has 0 fully saturated rings. The van der Waals surface area contributed by atoms with E-state index in [4.69, 9.17) is 67.8 Å². The lowest BCUT2D eigenvalue weighted by molar-refractivity contribution is 0.303. The van der Waals surface area contributed by atoms with Gasteiger partial charge < -0.3 is 47.9 Å². The van der Waals surface area contributed by atoms with Gasteiger partial charge in [-0.25, -0.2) is 29.9 Å². The molecule has 2 aliphatic rings. The lowest BCUT2D eigenvalue weighted by Gasteiger charge is -2.14. The number of hydrogen-bond acceptors (Lipinski definition) is 14. The molecule has 9 rings (SSSR count). The molecule has 80 heavy (non-hydrogen) atoms. The average molecular weight is 1090 g/mol. The quantitative estimate of drug-likeness (QED) is 0.0380. The second kappa shape index (κ2) is 28.2. The molecule has 2 N–H and O–H groups in total. The molecule has 0 atom stereocenters. The van der Waals surface area contributed by atoms with E-state index in [-0.39, 0.29) is 0 Å². The van der Waals surface area contributed by atoms with Crippen molar-refractivity contribution in [1.82, 2.24) is 39.9 Å². The molecule has 3 aromatic heterocycles. The molecule has 4 aromatic carbocycles. The molecule has 16 nitrogen and oxygen atoms in total. The van der Waals surface area contributed by atoms with Gasteiger partial charge >= 0.3 is 0 Å². The zero-order chi connectivity index (χ0) is 55.8. The van der Waals surface area contributed by atoms with Gasteiger partial charge in [0.05, 0.1) is 96.7 Å². The Balaban J connectivity index is 1.51. The second-order valence-corrected chi connectivity index (χ2v) is 20.5. The fraction of sp³-hybridized carbons (Fsp3) is 0.500. The molecule has 8 bridgehead atoms. The summed E-state index contributed by atoms with van der Waals surface area (Å²) in [7, 11) is 0. The first-order valence-electron chi connectivity index (χ1n) is 29.9. The minimum atomic E-state index is 0.369. The Morgan fingerprint density at radius 1 is 0.250 bits per heavy atom. The van der Waals surface area contributed by atoms with E-state index in [0.717, 1.165) is 103 Å². The number of aromatic nitrogens is 8. The third kappa shape index (κ3) is 12.6. The van der Waals surface area contributed by atoms with Crippen molar-refractivity contribution in [2.75, 3.05) is 52.9 Å². The Bertz CT molecular complexity index is 2960. The molecule has 0 aliphatic carbocycles. The molecular weight excluding hydrogens is 1010 g/mol. The SMILES string of the molecule is CCCCOc1ccc(OCCCC)c2c1-c1nc-2nc2[nH]c(nc3nc(nc4[nH]c(n1)c1c(OCCCC)ccc(OCCCC)c41)-c1c(OCCCC)ccc(OCCCC)c1-3)c1c(OCCCC)ccc(OCCCC)c21. The highest BCUT2D eigenvalue weighted by molar-refractivity contribution is 6.13. The van der Waals surface area contributed by atoms with E-state index in [0.29, 0.717) is 189 Å². The Kier molecular flexibility index (Phi) is 20.2. The van der Waals surface area contributed by atoms with Crippen LogP contribution in [0.25, 0.3) is 89.7 Å². The fourth-order valence-corrected chi connectivity index (χ4v) is 9.64. The van der Waals surface area contributed by atoms with Crippen LogP contribution >= 0.6 is 0 Å². The van der Waals surface area contributed by atoms with Crippen LogP contribution < -0.4 is 37.9 Å². The van der Waals surface area contributed by atoms with Crippen molar-refractivity contribution >= 4 is 44.1 Å². The van der Waals surface area contributed by atoms with Crippen LogP contribution in [0.5, 0.6) is 46.0 Å². The van der Waals surface area contributed by atoms with Gasteiger partial charge in [0.1, 0.15) is 68.6 Å². The average Bonchev–Trinajstić information content (AvgIpc) is 4.30. The summed E-state index contributed by atoms with van der Waals surface area (Å²) in [5, 5.41) is 2.74. The van der Waals surface area contributed by atoms with Gasteiger partial charge in [0, 0.05) is 0 Å². The largest absolute Gasteiger partial charge is 0.493 e. The van der Waals surface area contributed by atoms with Crippen LogP contribution in [0.1, 0.15) is 158 Å². The van der Waals surface area contributed by atoms with E-state index in [9.17, 15) is 0 Å². The minimum absolute atomic E-state index is 0.369. The lowest BCUT2D eigenvalue weighted by Crippen LogP contribution is -2.02. The zero-order valence-electron chi connectivity index (χ0n) is 48.5. The summed E-state index contributed by atoms with van der Waals surface area (Å²) in [5.41, 5.74) is 4.45. The maximum atomic E-state index is 6.70. The number of fused-ring (bicyclic) bond motifs is 20. The summed E-state index contributed by atoms with van der Waals surface area (Å²) in [4.78, 5) is 40.4. The molecule has 7 aromatic rings. The molecular formula is C64H82N8O8. The number of aromatic amines is 2. The van der Waals surface area contributed by atoms with Gasteiger partial charge in [-0.05, 0) is 99.9 Å². The van der Waals surface area contributed by atoms with E-state index in [1.807, 2.05) is 48.5 Å². The maximum Gasteiger partial charge on any atom is 0.168 e. The topological polar surface area (TPSA) is 183 Å². The van der Waals surface area contributed by atoms with Crippen LogP contribution in [-0.4, -0.2) is 92.7 Å². The van der Waals surface area contributed by atoms with E-state index in [2.05, 4.69) is 65.4 Å². The molecule has 426 valence electrons. The number of nitrogens with one attached hydrogen (secondary N) is 2. The molecule has 0 saturated carbocycles. The highest BCUT2D eigenvalue weighted by atomic mass is 16.5. The summed E-state index contributed by atoms with van der Waals surface area (Å²) in [6.45, 7) is 21.2. The van der Waals surface area contributed by atoms with Crippen molar-refractivity contribution in [2.45, 2.75) is 158 Å². The third-order valence-corrected chi connectivity index (χ3v) is 14.2. The molecule has 0 spiro atoms. The number of hydrogen-bond donors (Lipinski definition) is 2. The highest BCUT2D eigenvalue weighted by Crippen LogP contribution is 2.50. The zero-order valence-corrected chi connectivity index (χ0v) is 48.5. The smallest absolute Gasteiger partial charge is 0.168 e. The summed E-state index contributed by atoms with van der Waals surface area (Å²) >= 11 is 0. The van der Waals surface area contributed by atoms with E-state index < -0.39 is 0 Å². The van der Waals surface area contributed by atoms with Crippen molar-refractivity contribution < 1.29 is 37.9 Å². The fourth-order valence-electron chi connectivity index (χ4n) is 9.64. The van der Waals surface area contributed by atoms with E-state index in [1.54, 1.807) is 0 Å². The number of unbranched alkanes of at least 4 members (excludes halogenated alkanes) is 8. The summed E-state index contributed by atoms with van der Waals surface area (Å²) < 4.78 is 53.6. The Labute approximate surface area is 471 Å². The normalized spacial score (nSPS) is 11.7. The molecule has 5 heterocycles. The Hall–Kier alpha value is -7.36. The lowest BCUT2D eigenvalue weighted by atomic mass is 10.1. The van der Waals surface area contributed by atoms with Crippen LogP contribution in [0.15, 0.2) is 48.5 Å². The van der Waals surface area contributed by atoms with Crippen LogP contribution in [0.4, 0.5) is 0 Å². The predicted octanol–water partition coefficient (Wildman–Crippen LogP) is 16.3. The highest BCUT2D eigenvalue weighted by Gasteiger charge is 2.32. The van der Waals surface area contributed by atoms with Crippen molar-refractivity contribution in [3.05, 3.63) is 48.5 Å². The maximum absolute atomic E-state index is 6.70. The van der Waals surface area contributed by atoms with Gasteiger partial charge in [0.15, 0.2) is 23.3 Å². The first-order valence-corrected chi connectivity index (χ1v) is 29.9. The monoisotopic (exact) mass is 1090 g/mol. The van der Waals surface area contributed by atoms with Crippen molar-refractivity contribution in [3.8, 4) is 91.5 Å². The number of ether oxygens (including phenoxy) is 8.